The van der Waals surface area contributed by atoms with Crippen LogP contribution in [0, 0.1) is 0 Å². The van der Waals surface area contributed by atoms with Crippen molar-refractivity contribution in [2.24, 2.45) is 0 Å². The van der Waals surface area contributed by atoms with Crippen molar-refractivity contribution in [2.45, 2.75) is 39.2 Å². The molecule has 0 saturated heterocycles. The molecule has 0 spiro atoms. The molecular weight excluding hydrogens is 254 g/mol. The summed E-state index contributed by atoms with van der Waals surface area (Å²) in [4.78, 5) is 1.36. The average molecular weight is 276 g/mol. The Kier molecular flexibility index (Phi) is 7.86. The molecule has 1 heterocycles. The smallest absolute Gasteiger partial charge is 0.0931 e. The molecule has 0 aliphatic carbocycles. The maximum absolute atomic E-state index is 5.94. The van der Waals surface area contributed by atoms with E-state index in [-0.39, 0.29) is 0 Å². The van der Waals surface area contributed by atoms with Crippen LogP contribution in [-0.2, 0) is 11.2 Å². The lowest BCUT2D eigenvalue weighted by Crippen LogP contribution is -2.31. The lowest BCUT2D eigenvalue weighted by atomic mass is 10.1. The van der Waals surface area contributed by atoms with Gasteiger partial charge in [0.2, 0.25) is 0 Å². The molecular formula is C13H22ClNOS. The summed E-state index contributed by atoms with van der Waals surface area (Å²) in [5.74, 6) is 0. The first-order chi connectivity index (χ1) is 8.26. The number of ether oxygens (including phenoxy) is 1. The molecule has 1 aromatic heterocycles. The Morgan fingerprint density at radius 3 is 2.82 bits per heavy atom. The molecule has 1 N–H and O–H groups in total. The van der Waals surface area contributed by atoms with Gasteiger partial charge in [-0.2, -0.15) is 0 Å². The minimum atomic E-state index is 0.537. The molecule has 17 heavy (non-hydrogen) atoms. The van der Waals surface area contributed by atoms with Crippen LogP contribution in [0.3, 0.4) is 0 Å². The largest absolute Gasteiger partial charge is 0.382 e. The summed E-state index contributed by atoms with van der Waals surface area (Å²) in [5.41, 5.74) is 0. The first kappa shape index (κ1) is 15.0. The topological polar surface area (TPSA) is 21.3 Å². The fraction of sp³-hybridized carbons (Fsp3) is 0.692. The van der Waals surface area contributed by atoms with Gasteiger partial charge in [0.05, 0.1) is 4.34 Å². The number of halogens is 1. The van der Waals surface area contributed by atoms with E-state index in [0.29, 0.717) is 6.04 Å². The highest BCUT2D eigenvalue weighted by atomic mass is 35.5. The quantitative estimate of drug-likeness (QED) is 0.693. The van der Waals surface area contributed by atoms with E-state index in [0.717, 1.165) is 43.4 Å². The average Bonchev–Trinajstić information content (AvgIpc) is 2.70. The Morgan fingerprint density at radius 2 is 2.24 bits per heavy atom. The van der Waals surface area contributed by atoms with E-state index < -0.39 is 0 Å². The summed E-state index contributed by atoms with van der Waals surface area (Å²) in [6.45, 7) is 6.88. The number of hydrogen-bond acceptors (Lipinski definition) is 3. The van der Waals surface area contributed by atoms with Crippen molar-refractivity contribution in [3.8, 4) is 0 Å². The lowest BCUT2D eigenvalue weighted by molar-refractivity contribution is 0.141. The molecule has 0 fully saturated rings. The number of nitrogens with one attached hydrogen (secondary N) is 1. The van der Waals surface area contributed by atoms with Crippen LogP contribution in [0.2, 0.25) is 4.34 Å². The van der Waals surface area contributed by atoms with Crippen LogP contribution in [0.4, 0.5) is 0 Å². The SMILES string of the molecule is CCNC(CCCOCC)Cc1ccc(Cl)s1. The van der Waals surface area contributed by atoms with Crippen molar-refractivity contribution in [1.82, 2.24) is 5.32 Å². The van der Waals surface area contributed by atoms with Crippen molar-refractivity contribution in [1.29, 1.82) is 0 Å². The molecule has 0 bridgehead atoms. The monoisotopic (exact) mass is 275 g/mol. The van der Waals surface area contributed by atoms with Gasteiger partial charge in [-0.25, -0.2) is 0 Å². The van der Waals surface area contributed by atoms with Gasteiger partial charge >= 0.3 is 0 Å². The van der Waals surface area contributed by atoms with E-state index in [9.17, 15) is 0 Å². The molecule has 4 heteroatoms. The molecule has 0 saturated carbocycles. The van der Waals surface area contributed by atoms with Crippen LogP contribution in [-0.4, -0.2) is 25.8 Å². The molecule has 1 aromatic rings. The minimum Gasteiger partial charge on any atom is -0.382 e. The zero-order chi connectivity index (χ0) is 12.5. The minimum absolute atomic E-state index is 0.537. The van der Waals surface area contributed by atoms with Gasteiger partial charge in [-0.3, -0.25) is 0 Å². The maximum Gasteiger partial charge on any atom is 0.0931 e. The van der Waals surface area contributed by atoms with Crippen molar-refractivity contribution < 1.29 is 4.74 Å². The highest BCUT2D eigenvalue weighted by Crippen LogP contribution is 2.23. The van der Waals surface area contributed by atoms with Crippen molar-refractivity contribution >= 4 is 22.9 Å². The van der Waals surface area contributed by atoms with E-state index in [2.05, 4.69) is 18.3 Å². The Balaban J connectivity index is 2.32. The van der Waals surface area contributed by atoms with Crippen molar-refractivity contribution in [2.75, 3.05) is 19.8 Å². The molecule has 0 aliphatic rings. The fourth-order valence-electron chi connectivity index (χ4n) is 1.85. The molecule has 0 aliphatic heterocycles. The summed E-state index contributed by atoms with van der Waals surface area (Å²) < 4.78 is 6.25. The molecule has 0 amide bonds. The number of rotatable bonds is 9. The van der Waals surface area contributed by atoms with E-state index in [4.69, 9.17) is 16.3 Å². The van der Waals surface area contributed by atoms with Gasteiger partial charge in [-0.1, -0.05) is 18.5 Å². The van der Waals surface area contributed by atoms with Crippen LogP contribution >= 0.6 is 22.9 Å². The summed E-state index contributed by atoms with van der Waals surface area (Å²) >= 11 is 7.62. The highest BCUT2D eigenvalue weighted by Gasteiger charge is 2.09. The summed E-state index contributed by atoms with van der Waals surface area (Å²) in [6, 6.07) is 4.64. The third-order valence-electron chi connectivity index (χ3n) is 2.61. The molecule has 2 nitrogen and oxygen atoms in total. The summed E-state index contributed by atoms with van der Waals surface area (Å²) in [7, 11) is 0. The zero-order valence-electron chi connectivity index (χ0n) is 10.7. The van der Waals surface area contributed by atoms with Crippen LogP contribution in [0.25, 0.3) is 0 Å². The van der Waals surface area contributed by atoms with E-state index in [1.54, 1.807) is 11.3 Å². The first-order valence-electron chi connectivity index (χ1n) is 6.31. The third kappa shape index (κ3) is 6.41. The van der Waals surface area contributed by atoms with Crippen molar-refractivity contribution in [3.63, 3.8) is 0 Å². The highest BCUT2D eigenvalue weighted by molar-refractivity contribution is 7.16. The Bertz CT molecular complexity index is 303. The Morgan fingerprint density at radius 1 is 1.41 bits per heavy atom. The van der Waals surface area contributed by atoms with Crippen LogP contribution in [0.5, 0.6) is 0 Å². The van der Waals surface area contributed by atoms with Gasteiger partial charge < -0.3 is 10.1 Å². The zero-order valence-corrected chi connectivity index (χ0v) is 12.2. The first-order valence-corrected chi connectivity index (χ1v) is 7.51. The van der Waals surface area contributed by atoms with E-state index in [1.807, 2.05) is 13.0 Å². The second-order valence-corrected chi connectivity index (χ2v) is 5.80. The molecule has 0 radical (unpaired) electrons. The normalized spacial score (nSPS) is 12.9. The summed E-state index contributed by atoms with van der Waals surface area (Å²) in [5, 5.41) is 3.53. The van der Waals surface area contributed by atoms with Crippen LogP contribution < -0.4 is 5.32 Å². The second kappa shape index (κ2) is 8.92. The third-order valence-corrected chi connectivity index (χ3v) is 3.87. The second-order valence-electron chi connectivity index (χ2n) is 4.00. The van der Waals surface area contributed by atoms with Crippen LogP contribution in [0.1, 0.15) is 31.6 Å². The molecule has 98 valence electrons. The van der Waals surface area contributed by atoms with Crippen LogP contribution in [0.15, 0.2) is 12.1 Å². The molecule has 1 unspecified atom stereocenters. The standard InChI is InChI=1S/C13H22ClNOS/c1-3-15-11(6-5-9-16-4-2)10-12-7-8-13(14)17-12/h7-8,11,15H,3-6,9-10H2,1-2H3. The predicted octanol–water partition coefficient (Wildman–Crippen LogP) is 3.74. The molecule has 0 aromatic carbocycles. The van der Waals surface area contributed by atoms with Gasteiger partial charge in [0.1, 0.15) is 0 Å². The van der Waals surface area contributed by atoms with E-state index >= 15 is 0 Å². The van der Waals surface area contributed by atoms with Gasteiger partial charge in [0.15, 0.2) is 0 Å². The van der Waals surface area contributed by atoms with E-state index in [1.165, 1.54) is 4.88 Å². The Labute approximate surface area is 113 Å². The number of hydrogen-bond donors (Lipinski definition) is 1. The molecule has 1 rings (SSSR count). The maximum atomic E-state index is 5.94. The Hall–Kier alpha value is -0.0900. The van der Waals surface area contributed by atoms with Gasteiger partial charge in [-0.15, -0.1) is 11.3 Å². The number of thiophene rings is 1. The number of likely N-dealkylation sites (N-methyl/N-ethyl adjacent to an activating group) is 1. The van der Waals surface area contributed by atoms with Gasteiger partial charge in [0, 0.05) is 24.1 Å². The summed E-state index contributed by atoms with van der Waals surface area (Å²) in [6.07, 6.45) is 3.34. The van der Waals surface area contributed by atoms with Gasteiger partial charge in [0.25, 0.3) is 0 Å². The molecule has 1 atom stereocenters. The van der Waals surface area contributed by atoms with Crippen molar-refractivity contribution in [3.05, 3.63) is 21.3 Å². The lowest BCUT2D eigenvalue weighted by Gasteiger charge is -2.16. The van der Waals surface area contributed by atoms with Gasteiger partial charge in [-0.05, 0) is 44.9 Å². The predicted molar refractivity (Wildman–Crippen MR) is 76.2 cm³/mol. The fourth-order valence-corrected chi connectivity index (χ4v) is 3.01.